The fraction of sp³-hybridized carbons (Fsp3) is 0.643. The maximum atomic E-state index is 12.9. The molecule has 3 atom stereocenters. The van der Waals surface area contributed by atoms with Crippen molar-refractivity contribution in [1.29, 1.82) is 0 Å². The zero-order valence-corrected chi connectivity index (χ0v) is 26.9. The Morgan fingerprint density at radius 3 is 2.41 bits per heavy atom. The SMILES string of the molecule is COc1ccc(C2([C@H]3C[C@H](n4cc(C)c(=O)[nH]c4=O)O[C@@H]3CO[Si](C)(C)C(C)(C)C)SCCCS2)cc1OC. The van der Waals surface area contributed by atoms with E-state index in [2.05, 4.69) is 51.0 Å². The number of rotatable bonds is 8. The van der Waals surface area contributed by atoms with E-state index in [0.29, 0.717) is 30.1 Å². The van der Waals surface area contributed by atoms with E-state index in [4.69, 9.17) is 18.6 Å². The van der Waals surface area contributed by atoms with E-state index in [9.17, 15) is 9.59 Å². The average molecular weight is 595 g/mol. The van der Waals surface area contributed by atoms with Gasteiger partial charge in [0.15, 0.2) is 19.8 Å². The first kappa shape index (κ1) is 30.3. The molecule has 11 heteroatoms. The number of aromatic nitrogens is 2. The molecule has 0 saturated carbocycles. The number of aryl methyl sites for hydroxylation is 1. The smallest absolute Gasteiger partial charge is 0.330 e. The summed E-state index contributed by atoms with van der Waals surface area (Å²) < 4.78 is 25.9. The standard InChI is InChI=1S/C28H42N2O6S2Si/c1-18-16-30(26(32)29-25(18)31)24-15-20(23(36-24)17-35-39(7,8)27(2,3)4)28(37-12-9-13-38-28)19-10-11-21(33-5)22(14-19)34-6/h10-11,14,16,20,23-24H,9,12-13,15,17H2,1-8H3,(H,29,31,32)/t20-,23+,24+/m0/s1. The molecule has 2 aromatic rings. The molecule has 2 aliphatic heterocycles. The molecule has 1 aromatic heterocycles. The summed E-state index contributed by atoms with van der Waals surface area (Å²) in [4.78, 5) is 27.4. The van der Waals surface area contributed by atoms with Crippen LogP contribution >= 0.6 is 23.5 Å². The quantitative estimate of drug-likeness (QED) is 0.400. The summed E-state index contributed by atoms with van der Waals surface area (Å²) in [7, 11) is 1.24. The van der Waals surface area contributed by atoms with Crippen LogP contribution in [0.3, 0.4) is 0 Å². The Morgan fingerprint density at radius 2 is 1.79 bits per heavy atom. The van der Waals surface area contributed by atoms with E-state index >= 15 is 0 Å². The van der Waals surface area contributed by atoms with Crippen molar-refractivity contribution in [2.45, 2.75) is 75.1 Å². The number of hydrogen-bond donors (Lipinski definition) is 1. The minimum atomic E-state index is -2.06. The molecule has 216 valence electrons. The summed E-state index contributed by atoms with van der Waals surface area (Å²) in [6.07, 6.45) is 2.61. The van der Waals surface area contributed by atoms with E-state index < -0.39 is 20.2 Å². The van der Waals surface area contributed by atoms with Crippen LogP contribution < -0.4 is 20.7 Å². The van der Waals surface area contributed by atoms with E-state index in [1.807, 2.05) is 29.6 Å². The molecular formula is C28H42N2O6S2Si. The van der Waals surface area contributed by atoms with Crippen LogP contribution in [0.5, 0.6) is 11.5 Å². The predicted octanol–water partition coefficient (Wildman–Crippen LogP) is 5.51. The molecule has 1 N–H and O–H groups in total. The molecule has 1 aromatic carbocycles. The highest BCUT2D eigenvalue weighted by molar-refractivity contribution is 8.18. The largest absolute Gasteiger partial charge is 0.493 e. The highest BCUT2D eigenvalue weighted by atomic mass is 32.2. The van der Waals surface area contributed by atoms with Gasteiger partial charge in [0.25, 0.3) is 5.56 Å². The van der Waals surface area contributed by atoms with Crippen molar-refractivity contribution in [3.63, 3.8) is 0 Å². The lowest BCUT2D eigenvalue weighted by molar-refractivity contribution is -0.0310. The van der Waals surface area contributed by atoms with E-state index in [-0.39, 0.29) is 26.7 Å². The zero-order chi connectivity index (χ0) is 28.6. The molecular weight excluding hydrogens is 553 g/mol. The zero-order valence-electron chi connectivity index (χ0n) is 24.3. The van der Waals surface area contributed by atoms with Gasteiger partial charge in [0.2, 0.25) is 0 Å². The van der Waals surface area contributed by atoms with Crippen molar-refractivity contribution >= 4 is 31.8 Å². The molecule has 2 aliphatic rings. The Kier molecular flexibility index (Phi) is 9.07. The number of nitrogens with one attached hydrogen (secondary N) is 1. The van der Waals surface area contributed by atoms with Crippen molar-refractivity contribution in [1.82, 2.24) is 9.55 Å². The number of benzene rings is 1. The van der Waals surface area contributed by atoms with Gasteiger partial charge in [-0.15, -0.1) is 23.5 Å². The van der Waals surface area contributed by atoms with Crippen LogP contribution in [-0.4, -0.2) is 56.3 Å². The van der Waals surface area contributed by atoms with Crippen LogP contribution in [0.15, 0.2) is 34.0 Å². The van der Waals surface area contributed by atoms with Gasteiger partial charge in [0, 0.05) is 24.1 Å². The molecule has 2 saturated heterocycles. The summed E-state index contributed by atoms with van der Waals surface area (Å²) >= 11 is 3.88. The lowest BCUT2D eigenvalue weighted by atomic mass is 9.91. The van der Waals surface area contributed by atoms with Crippen LogP contribution in [0, 0.1) is 12.8 Å². The van der Waals surface area contributed by atoms with Crippen LogP contribution in [0.4, 0.5) is 0 Å². The minimum Gasteiger partial charge on any atom is -0.493 e. The molecule has 2 fully saturated rings. The first-order valence-electron chi connectivity index (χ1n) is 13.4. The lowest BCUT2D eigenvalue weighted by Crippen LogP contribution is -2.45. The Morgan fingerprint density at radius 1 is 1.13 bits per heavy atom. The average Bonchev–Trinajstić information content (AvgIpc) is 3.33. The van der Waals surface area contributed by atoms with Crippen molar-refractivity contribution in [3.05, 3.63) is 56.4 Å². The monoisotopic (exact) mass is 594 g/mol. The number of methoxy groups -OCH3 is 2. The van der Waals surface area contributed by atoms with Gasteiger partial charge < -0.3 is 18.6 Å². The molecule has 0 spiro atoms. The molecule has 8 nitrogen and oxygen atoms in total. The van der Waals surface area contributed by atoms with E-state index in [1.165, 1.54) is 4.57 Å². The number of thioether (sulfide) groups is 2. The topological polar surface area (TPSA) is 91.8 Å². The van der Waals surface area contributed by atoms with E-state index in [0.717, 1.165) is 23.5 Å². The summed E-state index contributed by atoms with van der Waals surface area (Å²) in [6.45, 7) is 13.3. The predicted molar refractivity (Wildman–Crippen MR) is 162 cm³/mol. The van der Waals surface area contributed by atoms with Gasteiger partial charge in [-0.05, 0) is 60.7 Å². The Balaban J connectivity index is 1.78. The van der Waals surface area contributed by atoms with Gasteiger partial charge in [-0.1, -0.05) is 26.8 Å². The molecule has 4 rings (SSSR count). The number of ether oxygens (including phenoxy) is 3. The second kappa shape index (κ2) is 11.7. The van der Waals surface area contributed by atoms with Crippen molar-refractivity contribution in [2.24, 2.45) is 5.92 Å². The maximum Gasteiger partial charge on any atom is 0.330 e. The lowest BCUT2D eigenvalue weighted by Gasteiger charge is -2.44. The first-order valence-corrected chi connectivity index (χ1v) is 18.3. The molecule has 39 heavy (non-hydrogen) atoms. The Hall–Kier alpha value is -1.66. The maximum absolute atomic E-state index is 12.9. The van der Waals surface area contributed by atoms with Crippen LogP contribution in [0.1, 0.15) is 51.0 Å². The third-order valence-corrected chi connectivity index (χ3v) is 16.4. The molecule has 0 amide bonds. The number of H-pyrrole nitrogens is 1. The summed E-state index contributed by atoms with van der Waals surface area (Å²) in [5.74, 6) is 3.47. The fourth-order valence-electron chi connectivity index (χ4n) is 4.96. The summed E-state index contributed by atoms with van der Waals surface area (Å²) in [5, 5.41) is 0.0584. The van der Waals surface area contributed by atoms with Crippen LogP contribution in [-0.2, 0) is 13.2 Å². The molecule has 0 aliphatic carbocycles. The highest BCUT2D eigenvalue weighted by Gasteiger charge is 2.53. The molecule has 3 heterocycles. The van der Waals surface area contributed by atoms with Gasteiger partial charge in [-0.25, -0.2) is 4.79 Å². The second-order valence-corrected chi connectivity index (χ2v) is 19.6. The van der Waals surface area contributed by atoms with Crippen molar-refractivity contribution in [2.75, 3.05) is 32.3 Å². The Bertz CT molecular complexity index is 1280. The van der Waals surface area contributed by atoms with Crippen molar-refractivity contribution in [3.8, 4) is 11.5 Å². The number of nitrogens with zero attached hydrogens (tertiary/aromatic N) is 1. The number of aromatic amines is 1. The minimum absolute atomic E-state index is 0.0415. The van der Waals surface area contributed by atoms with Gasteiger partial charge in [0.05, 0.1) is 31.0 Å². The normalized spacial score (nSPS) is 23.5. The molecule has 0 radical (unpaired) electrons. The summed E-state index contributed by atoms with van der Waals surface area (Å²) in [6, 6.07) is 6.18. The van der Waals surface area contributed by atoms with Gasteiger partial charge >= 0.3 is 5.69 Å². The van der Waals surface area contributed by atoms with Gasteiger partial charge in [0.1, 0.15) is 6.23 Å². The second-order valence-electron chi connectivity index (χ2n) is 11.8. The summed E-state index contributed by atoms with van der Waals surface area (Å²) in [5.41, 5.74) is 0.798. The van der Waals surface area contributed by atoms with Crippen LogP contribution in [0.25, 0.3) is 0 Å². The third kappa shape index (κ3) is 6.02. The number of hydrogen-bond acceptors (Lipinski definition) is 8. The van der Waals surface area contributed by atoms with Crippen molar-refractivity contribution < 1.29 is 18.6 Å². The fourth-order valence-corrected chi connectivity index (χ4v) is 9.68. The van der Waals surface area contributed by atoms with Crippen LogP contribution in [0.2, 0.25) is 18.1 Å². The Labute approximate surface area is 240 Å². The van der Waals surface area contributed by atoms with Gasteiger partial charge in [-0.3, -0.25) is 14.3 Å². The van der Waals surface area contributed by atoms with Gasteiger partial charge in [-0.2, -0.15) is 0 Å². The molecule has 0 unspecified atom stereocenters. The highest BCUT2D eigenvalue weighted by Crippen LogP contribution is 2.61. The third-order valence-electron chi connectivity index (χ3n) is 8.30. The molecule has 0 bridgehead atoms. The first-order chi connectivity index (χ1) is 18.3. The van der Waals surface area contributed by atoms with E-state index in [1.54, 1.807) is 27.3 Å².